The molecule has 6 nitrogen and oxygen atoms in total. The highest BCUT2D eigenvalue weighted by atomic mass is 16.4. The van der Waals surface area contributed by atoms with Gasteiger partial charge in [0.1, 0.15) is 0 Å². The highest BCUT2D eigenvalue weighted by molar-refractivity contribution is 6.02. The second-order valence-corrected chi connectivity index (χ2v) is 4.39. The lowest BCUT2D eigenvalue weighted by Gasteiger charge is -2.09. The molecule has 0 saturated heterocycles. The zero-order chi connectivity index (χ0) is 15.1. The van der Waals surface area contributed by atoms with E-state index in [9.17, 15) is 14.4 Å². The molecule has 0 heterocycles. The minimum Gasteiger partial charge on any atom is -0.478 e. The molecule has 0 atom stereocenters. The molecule has 0 radical (unpaired) electrons. The van der Waals surface area contributed by atoms with Gasteiger partial charge in [-0.3, -0.25) is 9.59 Å². The monoisotopic (exact) mass is 276 g/mol. The number of aliphatic carboxylic acids is 1. The van der Waals surface area contributed by atoms with E-state index < -0.39 is 11.9 Å². The minimum absolute atomic E-state index is 0.126. The first-order chi connectivity index (χ1) is 9.38. The van der Waals surface area contributed by atoms with Crippen molar-refractivity contribution in [2.24, 2.45) is 5.92 Å². The van der Waals surface area contributed by atoms with Crippen LogP contribution >= 0.6 is 0 Å². The van der Waals surface area contributed by atoms with E-state index in [0.717, 1.165) is 12.2 Å². The summed E-state index contributed by atoms with van der Waals surface area (Å²) < 4.78 is 0. The lowest BCUT2D eigenvalue weighted by atomic mass is 10.2. The molecule has 20 heavy (non-hydrogen) atoms. The van der Waals surface area contributed by atoms with Crippen molar-refractivity contribution in [3.63, 3.8) is 0 Å². The Morgan fingerprint density at radius 3 is 2.25 bits per heavy atom. The predicted molar refractivity (Wildman–Crippen MR) is 75.3 cm³/mol. The molecule has 0 bridgehead atoms. The van der Waals surface area contributed by atoms with Crippen molar-refractivity contribution in [2.45, 2.75) is 13.8 Å². The van der Waals surface area contributed by atoms with Crippen LogP contribution in [0.3, 0.4) is 0 Å². The van der Waals surface area contributed by atoms with Gasteiger partial charge in [-0.25, -0.2) is 4.79 Å². The molecule has 1 aromatic carbocycles. The molecular formula is C14H16N2O4. The average molecular weight is 276 g/mol. The Kier molecular flexibility index (Phi) is 5.46. The number of hydrogen-bond acceptors (Lipinski definition) is 3. The molecule has 0 saturated carbocycles. The van der Waals surface area contributed by atoms with Gasteiger partial charge in [-0.1, -0.05) is 19.9 Å². The molecule has 0 aliphatic carbocycles. The highest BCUT2D eigenvalue weighted by Gasteiger charge is 2.07. The Hall–Kier alpha value is -2.63. The number of rotatable bonds is 5. The molecule has 0 aliphatic heterocycles. The van der Waals surface area contributed by atoms with Crippen LogP contribution in [0.25, 0.3) is 0 Å². The summed E-state index contributed by atoms with van der Waals surface area (Å²) in [4.78, 5) is 33.2. The standard InChI is InChI=1S/C14H16N2O4/c1-9(2)14(20)16-11-5-3-4-10(8-11)15-12(17)6-7-13(18)19/h3-9H,1-2H3,(H,15,17)(H,16,20)(H,18,19)/b7-6+. The Labute approximate surface area is 116 Å². The molecule has 2 amide bonds. The Morgan fingerprint density at radius 2 is 1.70 bits per heavy atom. The van der Waals surface area contributed by atoms with Gasteiger partial charge in [0.05, 0.1) is 0 Å². The molecule has 106 valence electrons. The summed E-state index contributed by atoms with van der Waals surface area (Å²) in [5, 5.41) is 13.6. The van der Waals surface area contributed by atoms with Crippen LogP contribution in [0.15, 0.2) is 36.4 Å². The van der Waals surface area contributed by atoms with Gasteiger partial charge in [0.25, 0.3) is 0 Å². The number of carboxylic acids is 1. The van der Waals surface area contributed by atoms with Crippen LogP contribution in [0.4, 0.5) is 11.4 Å². The summed E-state index contributed by atoms with van der Waals surface area (Å²) in [6, 6.07) is 6.60. The van der Waals surface area contributed by atoms with Crippen molar-refractivity contribution in [1.29, 1.82) is 0 Å². The molecule has 1 rings (SSSR count). The molecule has 0 spiro atoms. The van der Waals surface area contributed by atoms with Gasteiger partial charge in [0, 0.05) is 29.4 Å². The van der Waals surface area contributed by atoms with Crippen LogP contribution in [0, 0.1) is 5.92 Å². The van der Waals surface area contributed by atoms with E-state index >= 15 is 0 Å². The normalized spacial score (nSPS) is 10.6. The van der Waals surface area contributed by atoms with Crippen molar-refractivity contribution < 1.29 is 19.5 Å². The largest absolute Gasteiger partial charge is 0.478 e. The zero-order valence-electron chi connectivity index (χ0n) is 11.2. The third-order valence-electron chi connectivity index (χ3n) is 2.30. The summed E-state index contributed by atoms with van der Waals surface area (Å²) in [5.74, 6) is -2.02. The van der Waals surface area contributed by atoms with Gasteiger partial charge < -0.3 is 15.7 Å². The van der Waals surface area contributed by atoms with Gasteiger partial charge in [-0.15, -0.1) is 0 Å². The summed E-state index contributed by atoms with van der Waals surface area (Å²) in [7, 11) is 0. The zero-order valence-corrected chi connectivity index (χ0v) is 11.2. The maximum absolute atomic E-state index is 11.5. The number of carbonyl (C=O) groups excluding carboxylic acids is 2. The number of carbonyl (C=O) groups is 3. The van der Waals surface area contributed by atoms with E-state index in [0.29, 0.717) is 11.4 Å². The van der Waals surface area contributed by atoms with Crippen LogP contribution in [0.5, 0.6) is 0 Å². The first kappa shape index (κ1) is 15.4. The number of benzene rings is 1. The van der Waals surface area contributed by atoms with Crippen molar-refractivity contribution in [2.75, 3.05) is 10.6 Å². The van der Waals surface area contributed by atoms with Gasteiger partial charge >= 0.3 is 5.97 Å². The minimum atomic E-state index is -1.20. The van der Waals surface area contributed by atoms with Crippen LogP contribution < -0.4 is 10.6 Å². The van der Waals surface area contributed by atoms with Crippen LogP contribution in [0.1, 0.15) is 13.8 Å². The van der Waals surface area contributed by atoms with E-state index in [1.807, 2.05) is 0 Å². The van der Waals surface area contributed by atoms with Crippen LogP contribution in [0.2, 0.25) is 0 Å². The van der Waals surface area contributed by atoms with E-state index in [2.05, 4.69) is 10.6 Å². The maximum atomic E-state index is 11.5. The number of anilines is 2. The topological polar surface area (TPSA) is 95.5 Å². The summed E-state index contributed by atoms with van der Waals surface area (Å²) in [6.45, 7) is 3.55. The van der Waals surface area contributed by atoms with Crippen LogP contribution in [-0.2, 0) is 14.4 Å². The molecular weight excluding hydrogens is 260 g/mol. The van der Waals surface area contributed by atoms with Gasteiger partial charge in [0.15, 0.2) is 0 Å². The molecule has 0 aliphatic rings. The average Bonchev–Trinajstić information content (AvgIpc) is 2.36. The fraction of sp³-hybridized carbons (Fsp3) is 0.214. The summed E-state index contributed by atoms with van der Waals surface area (Å²) in [5.41, 5.74) is 1.02. The molecule has 6 heteroatoms. The van der Waals surface area contributed by atoms with Crippen molar-refractivity contribution in [3.8, 4) is 0 Å². The van der Waals surface area contributed by atoms with Crippen LogP contribution in [-0.4, -0.2) is 22.9 Å². The lowest BCUT2D eigenvalue weighted by Crippen LogP contribution is -2.18. The maximum Gasteiger partial charge on any atom is 0.328 e. The molecule has 1 aromatic rings. The van der Waals surface area contributed by atoms with E-state index in [1.165, 1.54) is 0 Å². The second kappa shape index (κ2) is 7.08. The van der Waals surface area contributed by atoms with Gasteiger partial charge in [-0.05, 0) is 18.2 Å². The SMILES string of the molecule is CC(C)C(=O)Nc1cccc(NC(=O)/C=C/C(=O)O)c1. The third kappa shape index (κ3) is 5.34. The quantitative estimate of drug-likeness (QED) is 0.715. The Morgan fingerprint density at radius 1 is 1.10 bits per heavy atom. The Bertz CT molecular complexity index is 550. The number of carboxylic acid groups (broad SMARTS) is 1. The van der Waals surface area contributed by atoms with Gasteiger partial charge in [-0.2, -0.15) is 0 Å². The number of amides is 2. The van der Waals surface area contributed by atoms with E-state index in [4.69, 9.17) is 5.11 Å². The van der Waals surface area contributed by atoms with E-state index in [1.54, 1.807) is 38.1 Å². The van der Waals surface area contributed by atoms with E-state index in [-0.39, 0.29) is 11.8 Å². The summed E-state index contributed by atoms with van der Waals surface area (Å²) >= 11 is 0. The lowest BCUT2D eigenvalue weighted by molar-refractivity contribution is -0.131. The first-order valence-electron chi connectivity index (χ1n) is 6.01. The predicted octanol–water partition coefficient (Wildman–Crippen LogP) is 1.86. The molecule has 3 N–H and O–H groups in total. The Balaban J connectivity index is 2.71. The molecule has 0 unspecified atom stereocenters. The highest BCUT2D eigenvalue weighted by Crippen LogP contribution is 2.15. The number of hydrogen-bond donors (Lipinski definition) is 3. The fourth-order valence-corrected chi connectivity index (χ4v) is 1.29. The number of nitrogens with one attached hydrogen (secondary N) is 2. The summed E-state index contributed by atoms with van der Waals surface area (Å²) in [6.07, 6.45) is 1.67. The third-order valence-corrected chi connectivity index (χ3v) is 2.30. The van der Waals surface area contributed by atoms with Crippen molar-refractivity contribution in [3.05, 3.63) is 36.4 Å². The van der Waals surface area contributed by atoms with Crippen molar-refractivity contribution >= 4 is 29.2 Å². The second-order valence-electron chi connectivity index (χ2n) is 4.39. The fourth-order valence-electron chi connectivity index (χ4n) is 1.29. The molecule has 0 aromatic heterocycles. The smallest absolute Gasteiger partial charge is 0.328 e. The first-order valence-corrected chi connectivity index (χ1v) is 6.01. The van der Waals surface area contributed by atoms with Crippen molar-refractivity contribution in [1.82, 2.24) is 0 Å². The molecule has 0 fully saturated rings. The van der Waals surface area contributed by atoms with Gasteiger partial charge in [0.2, 0.25) is 11.8 Å².